The maximum absolute atomic E-state index is 11.8. The minimum absolute atomic E-state index is 0.0273. The van der Waals surface area contributed by atoms with E-state index in [1.54, 1.807) is 4.90 Å². The minimum atomic E-state index is -0.389. The Morgan fingerprint density at radius 3 is 2.90 bits per heavy atom. The van der Waals surface area contributed by atoms with Gasteiger partial charge in [0.2, 0.25) is 5.91 Å². The van der Waals surface area contributed by atoms with Crippen molar-refractivity contribution in [3.05, 3.63) is 30.3 Å². The highest BCUT2D eigenvalue weighted by Crippen LogP contribution is 2.20. The van der Waals surface area contributed by atoms with Crippen LogP contribution in [0.15, 0.2) is 30.3 Å². The van der Waals surface area contributed by atoms with Gasteiger partial charge in [-0.2, -0.15) is 0 Å². The van der Waals surface area contributed by atoms with Crippen molar-refractivity contribution in [2.45, 2.75) is 13.0 Å². The summed E-state index contributed by atoms with van der Waals surface area (Å²) in [6.45, 7) is 3.07. The van der Waals surface area contributed by atoms with Crippen LogP contribution in [0.5, 0.6) is 0 Å². The van der Waals surface area contributed by atoms with E-state index in [-0.39, 0.29) is 24.7 Å². The molecule has 2 amide bonds. The molecule has 108 valence electrons. The zero-order valence-electron chi connectivity index (χ0n) is 11.4. The van der Waals surface area contributed by atoms with Crippen molar-refractivity contribution in [1.29, 1.82) is 0 Å². The summed E-state index contributed by atoms with van der Waals surface area (Å²) in [5, 5.41) is 2.68. The number of cyclic esters (lactones) is 1. The number of para-hydroxylation sites is 1. The van der Waals surface area contributed by atoms with Crippen molar-refractivity contribution >= 4 is 17.7 Å². The van der Waals surface area contributed by atoms with Gasteiger partial charge in [0.15, 0.2) is 0 Å². The number of benzene rings is 1. The van der Waals surface area contributed by atoms with Crippen LogP contribution < -0.4 is 10.2 Å². The van der Waals surface area contributed by atoms with Crippen LogP contribution in [0.4, 0.5) is 10.5 Å². The van der Waals surface area contributed by atoms with Crippen molar-refractivity contribution in [3.63, 3.8) is 0 Å². The second-order valence-corrected chi connectivity index (χ2v) is 4.39. The Hall–Kier alpha value is -2.08. The highest BCUT2D eigenvalue weighted by Gasteiger charge is 2.32. The summed E-state index contributed by atoms with van der Waals surface area (Å²) in [6.07, 6.45) is -0.728. The Labute approximate surface area is 117 Å². The van der Waals surface area contributed by atoms with E-state index in [4.69, 9.17) is 9.47 Å². The zero-order chi connectivity index (χ0) is 14.4. The minimum Gasteiger partial charge on any atom is -0.442 e. The summed E-state index contributed by atoms with van der Waals surface area (Å²) in [4.78, 5) is 24.7. The largest absolute Gasteiger partial charge is 0.442 e. The summed E-state index contributed by atoms with van der Waals surface area (Å²) in [5.74, 6) is -0.207. The van der Waals surface area contributed by atoms with Crippen LogP contribution >= 0.6 is 0 Å². The topological polar surface area (TPSA) is 67.9 Å². The molecule has 0 aromatic heterocycles. The second kappa shape index (κ2) is 6.91. The van der Waals surface area contributed by atoms with Crippen molar-refractivity contribution in [3.8, 4) is 0 Å². The molecule has 1 fully saturated rings. The third-order valence-corrected chi connectivity index (χ3v) is 2.91. The maximum atomic E-state index is 11.8. The second-order valence-electron chi connectivity index (χ2n) is 4.39. The van der Waals surface area contributed by atoms with Gasteiger partial charge in [0.1, 0.15) is 12.7 Å². The fourth-order valence-electron chi connectivity index (χ4n) is 1.92. The molecule has 0 bridgehead atoms. The molecule has 6 heteroatoms. The average molecular weight is 278 g/mol. The van der Waals surface area contributed by atoms with Gasteiger partial charge in [-0.15, -0.1) is 0 Å². The molecule has 0 unspecified atom stereocenters. The third kappa shape index (κ3) is 3.71. The first-order chi connectivity index (χ1) is 9.70. The molecule has 1 aromatic carbocycles. The van der Waals surface area contributed by atoms with Gasteiger partial charge in [0, 0.05) is 12.3 Å². The predicted octanol–water partition coefficient (Wildman–Crippen LogP) is 1.16. The van der Waals surface area contributed by atoms with Crippen LogP contribution in [-0.4, -0.2) is 44.4 Å². The highest BCUT2D eigenvalue weighted by atomic mass is 16.6. The zero-order valence-corrected chi connectivity index (χ0v) is 11.4. The number of carbonyl (C=O) groups excluding carboxylic acids is 2. The molecule has 0 saturated carbocycles. The Morgan fingerprint density at radius 1 is 1.45 bits per heavy atom. The molecule has 1 atom stereocenters. The van der Waals surface area contributed by atoms with E-state index in [0.717, 1.165) is 5.69 Å². The Balaban J connectivity index is 1.82. The molecule has 20 heavy (non-hydrogen) atoms. The van der Waals surface area contributed by atoms with Gasteiger partial charge in [-0.05, 0) is 19.1 Å². The molecule has 0 aliphatic carbocycles. The standard InChI is InChI=1S/C14H18N2O4/c1-2-19-10-13(17)15-8-12-9-16(14(18)20-12)11-6-4-3-5-7-11/h3-7,12H,2,8-10H2,1H3,(H,15,17)/t12-/m0/s1. The smallest absolute Gasteiger partial charge is 0.414 e. The average Bonchev–Trinajstić information content (AvgIpc) is 2.85. The Kier molecular flexibility index (Phi) is 4.95. The van der Waals surface area contributed by atoms with Crippen LogP contribution in [0.25, 0.3) is 0 Å². The number of anilines is 1. The Bertz CT molecular complexity index is 464. The summed E-state index contributed by atoms with van der Waals surface area (Å²) < 4.78 is 10.2. The van der Waals surface area contributed by atoms with Gasteiger partial charge < -0.3 is 14.8 Å². The van der Waals surface area contributed by atoms with Crippen LogP contribution in [-0.2, 0) is 14.3 Å². The van der Waals surface area contributed by atoms with Crippen molar-refractivity contribution in [2.75, 3.05) is 31.2 Å². The van der Waals surface area contributed by atoms with Gasteiger partial charge in [-0.25, -0.2) is 4.79 Å². The highest BCUT2D eigenvalue weighted by molar-refractivity contribution is 5.89. The van der Waals surface area contributed by atoms with Gasteiger partial charge in [0.05, 0.1) is 13.1 Å². The van der Waals surface area contributed by atoms with Crippen molar-refractivity contribution in [1.82, 2.24) is 5.32 Å². The summed E-state index contributed by atoms with van der Waals surface area (Å²) in [5.41, 5.74) is 0.792. The lowest BCUT2D eigenvalue weighted by atomic mass is 10.2. The van der Waals surface area contributed by atoms with Gasteiger partial charge in [0.25, 0.3) is 0 Å². The number of carbonyl (C=O) groups is 2. The lowest BCUT2D eigenvalue weighted by Crippen LogP contribution is -2.36. The summed E-state index contributed by atoms with van der Waals surface area (Å²) in [7, 11) is 0. The molecule has 6 nitrogen and oxygen atoms in total. The van der Waals surface area contributed by atoms with Crippen LogP contribution in [0.2, 0.25) is 0 Å². The Morgan fingerprint density at radius 2 is 2.20 bits per heavy atom. The van der Waals surface area contributed by atoms with E-state index in [1.807, 2.05) is 37.3 Å². The number of ether oxygens (including phenoxy) is 2. The SMILES string of the molecule is CCOCC(=O)NC[C@H]1CN(c2ccccc2)C(=O)O1. The molecule has 0 radical (unpaired) electrons. The monoisotopic (exact) mass is 278 g/mol. The number of rotatable bonds is 6. The fourth-order valence-corrected chi connectivity index (χ4v) is 1.92. The quantitative estimate of drug-likeness (QED) is 0.848. The number of nitrogens with one attached hydrogen (secondary N) is 1. The van der Waals surface area contributed by atoms with Crippen LogP contribution in [0.1, 0.15) is 6.92 Å². The maximum Gasteiger partial charge on any atom is 0.414 e. The van der Waals surface area contributed by atoms with Gasteiger partial charge in [-0.3, -0.25) is 9.69 Å². The summed E-state index contributed by atoms with van der Waals surface area (Å²) >= 11 is 0. The van der Waals surface area contributed by atoms with Crippen LogP contribution in [0, 0.1) is 0 Å². The number of nitrogens with zero attached hydrogens (tertiary/aromatic N) is 1. The van der Waals surface area contributed by atoms with Crippen molar-refractivity contribution in [2.24, 2.45) is 0 Å². The lowest BCUT2D eigenvalue weighted by Gasteiger charge is -2.12. The number of hydrogen-bond donors (Lipinski definition) is 1. The van der Waals surface area contributed by atoms with Crippen LogP contribution in [0.3, 0.4) is 0 Å². The molecule has 1 N–H and O–H groups in total. The first-order valence-electron chi connectivity index (χ1n) is 6.58. The molecular weight excluding hydrogens is 260 g/mol. The molecule has 1 aromatic rings. The first-order valence-corrected chi connectivity index (χ1v) is 6.58. The molecule has 2 rings (SSSR count). The van der Waals surface area contributed by atoms with Gasteiger partial charge >= 0.3 is 6.09 Å². The van der Waals surface area contributed by atoms with E-state index < -0.39 is 0 Å². The first kappa shape index (κ1) is 14.3. The molecule has 1 heterocycles. The number of hydrogen-bond acceptors (Lipinski definition) is 4. The number of amides is 2. The molecule has 0 spiro atoms. The van der Waals surface area contributed by atoms with Crippen molar-refractivity contribution < 1.29 is 19.1 Å². The molecule has 1 saturated heterocycles. The van der Waals surface area contributed by atoms with E-state index in [0.29, 0.717) is 19.7 Å². The normalized spacial score (nSPS) is 17.9. The van der Waals surface area contributed by atoms with Gasteiger partial charge in [-0.1, -0.05) is 18.2 Å². The summed E-state index contributed by atoms with van der Waals surface area (Å²) in [6, 6.07) is 9.30. The fraction of sp³-hybridized carbons (Fsp3) is 0.429. The van der Waals surface area contributed by atoms with E-state index in [9.17, 15) is 9.59 Å². The third-order valence-electron chi connectivity index (χ3n) is 2.91. The lowest BCUT2D eigenvalue weighted by molar-refractivity contribution is -0.125. The van der Waals surface area contributed by atoms with E-state index >= 15 is 0 Å². The molecule has 1 aliphatic heterocycles. The predicted molar refractivity (Wildman–Crippen MR) is 73.6 cm³/mol. The molecule has 1 aliphatic rings. The molecular formula is C14H18N2O4. The van der Waals surface area contributed by atoms with E-state index in [2.05, 4.69) is 5.32 Å². The van der Waals surface area contributed by atoms with E-state index in [1.165, 1.54) is 0 Å².